The summed E-state index contributed by atoms with van der Waals surface area (Å²) < 4.78 is 14.6. The summed E-state index contributed by atoms with van der Waals surface area (Å²) in [7, 11) is 0. The average molecular weight is 352 g/mol. The van der Waals surface area contributed by atoms with Gasteiger partial charge in [-0.2, -0.15) is 0 Å². The van der Waals surface area contributed by atoms with Crippen molar-refractivity contribution in [3.8, 4) is 0 Å². The molecule has 1 saturated heterocycles. The Hall–Kier alpha value is -0.160. The fourth-order valence-electron chi connectivity index (χ4n) is 2.68. The first kappa shape index (κ1) is 16.9. The van der Waals surface area contributed by atoms with E-state index in [1.165, 1.54) is 18.9 Å². The van der Waals surface area contributed by atoms with E-state index in [2.05, 4.69) is 20.8 Å². The van der Waals surface area contributed by atoms with Crippen molar-refractivity contribution in [1.82, 2.24) is 4.90 Å². The molecular formula is C14H21BrClFN2. The minimum Gasteiger partial charge on any atom is -0.327 e. The summed E-state index contributed by atoms with van der Waals surface area (Å²) in [5, 5.41) is 0. The van der Waals surface area contributed by atoms with Crippen molar-refractivity contribution < 1.29 is 4.39 Å². The van der Waals surface area contributed by atoms with Crippen LogP contribution in [0.1, 0.15) is 31.7 Å². The second-order valence-corrected chi connectivity index (χ2v) is 6.04. The number of rotatable bonds is 3. The fraction of sp³-hybridized carbons (Fsp3) is 0.571. The van der Waals surface area contributed by atoms with Crippen LogP contribution in [0.25, 0.3) is 0 Å². The maximum atomic E-state index is 13.8. The molecule has 2 N–H and O–H groups in total. The van der Waals surface area contributed by atoms with Gasteiger partial charge in [0.25, 0.3) is 0 Å². The average Bonchev–Trinajstić information content (AvgIpc) is 2.33. The van der Waals surface area contributed by atoms with Gasteiger partial charge in [0.2, 0.25) is 0 Å². The Bertz CT molecular complexity index is 414. The van der Waals surface area contributed by atoms with Crippen molar-refractivity contribution in [1.29, 1.82) is 0 Å². The van der Waals surface area contributed by atoms with Gasteiger partial charge in [-0.05, 0) is 38.4 Å². The minimum atomic E-state index is -0.140. The minimum absolute atomic E-state index is 0. The molecule has 1 aliphatic heterocycles. The molecule has 1 aromatic carbocycles. The first-order valence-corrected chi connectivity index (χ1v) is 7.31. The van der Waals surface area contributed by atoms with E-state index in [1.54, 1.807) is 0 Å². The lowest BCUT2D eigenvalue weighted by atomic mass is 9.96. The van der Waals surface area contributed by atoms with Gasteiger partial charge >= 0.3 is 0 Å². The number of nitrogens with two attached hydrogens (primary N) is 1. The number of hydrogen-bond donors (Lipinski definition) is 1. The highest BCUT2D eigenvalue weighted by molar-refractivity contribution is 9.10. The van der Waals surface area contributed by atoms with E-state index in [4.69, 9.17) is 5.73 Å². The molecule has 108 valence electrons. The second-order valence-electron chi connectivity index (χ2n) is 5.13. The van der Waals surface area contributed by atoms with E-state index in [1.807, 2.05) is 19.1 Å². The Kier molecular flexibility index (Phi) is 6.74. The first-order valence-electron chi connectivity index (χ1n) is 6.51. The van der Waals surface area contributed by atoms with Crippen molar-refractivity contribution in [2.24, 2.45) is 5.73 Å². The Morgan fingerprint density at radius 2 is 2.21 bits per heavy atom. The Morgan fingerprint density at radius 1 is 1.47 bits per heavy atom. The van der Waals surface area contributed by atoms with Crippen LogP contribution in [-0.2, 0) is 6.54 Å². The zero-order valence-electron chi connectivity index (χ0n) is 11.1. The molecule has 2 atom stereocenters. The van der Waals surface area contributed by atoms with E-state index in [0.29, 0.717) is 12.6 Å². The molecule has 0 aromatic heterocycles. The van der Waals surface area contributed by atoms with Crippen LogP contribution in [0.5, 0.6) is 0 Å². The van der Waals surface area contributed by atoms with Gasteiger partial charge in [-0.3, -0.25) is 4.90 Å². The standard InChI is InChI=1S/C14H20BrFN2.ClH/c1-10(17)14-4-2-3-7-18(14)9-11-5-6-12(15)8-13(11)16;/h5-6,8,10,14H,2-4,7,9,17H2,1H3;1H. The maximum absolute atomic E-state index is 13.8. The summed E-state index contributed by atoms with van der Waals surface area (Å²) >= 11 is 3.28. The molecule has 19 heavy (non-hydrogen) atoms. The van der Waals surface area contributed by atoms with Crippen molar-refractivity contribution in [3.63, 3.8) is 0 Å². The lowest BCUT2D eigenvalue weighted by molar-refractivity contribution is 0.121. The van der Waals surface area contributed by atoms with Crippen LogP contribution in [0.4, 0.5) is 4.39 Å². The molecule has 0 amide bonds. The number of halogens is 3. The van der Waals surface area contributed by atoms with E-state index in [9.17, 15) is 4.39 Å². The normalized spacial score (nSPS) is 21.8. The van der Waals surface area contributed by atoms with E-state index in [-0.39, 0.29) is 24.3 Å². The largest absolute Gasteiger partial charge is 0.327 e. The second kappa shape index (κ2) is 7.58. The van der Waals surface area contributed by atoms with Gasteiger partial charge in [-0.1, -0.05) is 28.4 Å². The van der Waals surface area contributed by atoms with Crippen LogP contribution in [0.3, 0.4) is 0 Å². The summed E-state index contributed by atoms with van der Waals surface area (Å²) in [5.41, 5.74) is 6.79. The molecule has 1 heterocycles. The van der Waals surface area contributed by atoms with Gasteiger partial charge in [-0.15, -0.1) is 12.4 Å². The maximum Gasteiger partial charge on any atom is 0.128 e. The molecule has 5 heteroatoms. The van der Waals surface area contributed by atoms with Crippen molar-refractivity contribution in [3.05, 3.63) is 34.1 Å². The highest BCUT2D eigenvalue weighted by atomic mass is 79.9. The van der Waals surface area contributed by atoms with Gasteiger partial charge < -0.3 is 5.73 Å². The molecule has 2 unspecified atom stereocenters. The van der Waals surface area contributed by atoms with Crippen molar-refractivity contribution in [2.45, 2.75) is 44.8 Å². The summed E-state index contributed by atoms with van der Waals surface area (Å²) in [5.74, 6) is -0.140. The van der Waals surface area contributed by atoms with Gasteiger partial charge in [-0.25, -0.2) is 4.39 Å². The smallest absolute Gasteiger partial charge is 0.128 e. The molecule has 0 aliphatic carbocycles. The predicted octanol–water partition coefficient (Wildman–Crippen LogP) is 3.71. The lowest BCUT2D eigenvalue weighted by Gasteiger charge is -2.38. The number of likely N-dealkylation sites (tertiary alicyclic amines) is 1. The first-order chi connectivity index (χ1) is 8.58. The van der Waals surface area contributed by atoms with E-state index < -0.39 is 0 Å². The lowest BCUT2D eigenvalue weighted by Crippen LogP contribution is -2.48. The quantitative estimate of drug-likeness (QED) is 0.899. The Morgan fingerprint density at radius 3 is 2.84 bits per heavy atom. The molecule has 1 aliphatic rings. The molecule has 0 spiro atoms. The Labute approximate surface area is 129 Å². The van der Waals surface area contributed by atoms with E-state index >= 15 is 0 Å². The highest BCUT2D eigenvalue weighted by Gasteiger charge is 2.25. The third-order valence-electron chi connectivity index (χ3n) is 3.66. The van der Waals surface area contributed by atoms with Crippen LogP contribution in [0, 0.1) is 5.82 Å². The molecule has 0 saturated carbocycles. The molecule has 2 nitrogen and oxygen atoms in total. The number of benzene rings is 1. The predicted molar refractivity (Wildman–Crippen MR) is 83.0 cm³/mol. The van der Waals surface area contributed by atoms with Crippen LogP contribution in [-0.4, -0.2) is 23.5 Å². The zero-order valence-corrected chi connectivity index (χ0v) is 13.5. The summed E-state index contributed by atoms with van der Waals surface area (Å²) in [4.78, 5) is 2.32. The van der Waals surface area contributed by atoms with Crippen LogP contribution >= 0.6 is 28.3 Å². The Balaban J connectivity index is 0.00000180. The van der Waals surface area contributed by atoms with Gasteiger partial charge in [0.05, 0.1) is 0 Å². The summed E-state index contributed by atoms with van der Waals surface area (Å²) in [6, 6.07) is 5.79. The molecule has 0 bridgehead atoms. The summed E-state index contributed by atoms with van der Waals surface area (Å²) in [6.07, 6.45) is 3.53. The van der Waals surface area contributed by atoms with Crippen LogP contribution < -0.4 is 5.73 Å². The molecule has 0 radical (unpaired) electrons. The highest BCUT2D eigenvalue weighted by Crippen LogP contribution is 2.23. The van der Waals surface area contributed by atoms with E-state index in [0.717, 1.165) is 23.0 Å². The van der Waals surface area contributed by atoms with Crippen molar-refractivity contribution in [2.75, 3.05) is 6.54 Å². The monoisotopic (exact) mass is 350 g/mol. The van der Waals surface area contributed by atoms with Gasteiger partial charge in [0.1, 0.15) is 5.82 Å². The molecular weight excluding hydrogens is 331 g/mol. The zero-order chi connectivity index (χ0) is 13.1. The SMILES string of the molecule is CC(N)C1CCCCN1Cc1ccc(Br)cc1F.Cl. The number of piperidine rings is 1. The fourth-order valence-corrected chi connectivity index (χ4v) is 3.01. The molecule has 2 rings (SSSR count). The third kappa shape index (κ3) is 4.42. The molecule has 1 aromatic rings. The van der Waals surface area contributed by atoms with Crippen LogP contribution in [0.15, 0.2) is 22.7 Å². The summed E-state index contributed by atoms with van der Waals surface area (Å²) in [6.45, 7) is 3.72. The van der Waals surface area contributed by atoms with Gasteiger partial charge in [0, 0.05) is 28.7 Å². The number of hydrogen-bond acceptors (Lipinski definition) is 2. The number of nitrogens with zero attached hydrogens (tertiary/aromatic N) is 1. The van der Waals surface area contributed by atoms with Gasteiger partial charge in [0.15, 0.2) is 0 Å². The van der Waals surface area contributed by atoms with Crippen LogP contribution in [0.2, 0.25) is 0 Å². The topological polar surface area (TPSA) is 29.3 Å². The van der Waals surface area contributed by atoms with Crippen molar-refractivity contribution >= 4 is 28.3 Å². The molecule has 1 fully saturated rings. The third-order valence-corrected chi connectivity index (χ3v) is 4.15.